The van der Waals surface area contributed by atoms with E-state index in [4.69, 9.17) is 0 Å². The summed E-state index contributed by atoms with van der Waals surface area (Å²) in [7, 11) is 1.79. The maximum atomic E-state index is 14.1. The molecule has 158 valence electrons. The molecule has 2 heterocycles. The van der Waals surface area contributed by atoms with E-state index in [-0.39, 0.29) is 10.8 Å². The summed E-state index contributed by atoms with van der Waals surface area (Å²) in [4.78, 5) is 13.3. The van der Waals surface area contributed by atoms with Crippen molar-refractivity contribution in [3.63, 3.8) is 0 Å². The van der Waals surface area contributed by atoms with Gasteiger partial charge < -0.3 is 0 Å². The van der Waals surface area contributed by atoms with E-state index in [1.54, 1.807) is 16.4 Å². The van der Waals surface area contributed by atoms with Gasteiger partial charge in [0.2, 0.25) is 5.16 Å². The van der Waals surface area contributed by atoms with Gasteiger partial charge in [-0.05, 0) is 59.5 Å². The number of thioether (sulfide) groups is 1. The highest BCUT2D eigenvalue weighted by Gasteiger charge is 2.30. The Morgan fingerprint density at radius 2 is 1.94 bits per heavy atom. The van der Waals surface area contributed by atoms with Crippen LogP contribution in [0.4, 0.5) is 8.78 Å². The van der Waals surface area contributed by atoms with Crippen molar-refractivity contribution in [2.75, 3.05) is 0 Å². The van der Waals surface area contributed by atoms with Crippen LogP contribution in [-0.4, -0.2) is 29.6 Å². The summed E-state index contributed by atoms with van der Waals surface area (Å²) in [5.74, 6) is -1.13. The normalized spacial score (nSPS) is 15.4. The lowest BCUT2D eigenvalue weighted by Gasteiger charge is -2.11. The highest BCUT2D eigenvalue weighted by molar-refractivity contribution is 7.99. The van der Waals surface area contributed by atoms with Gasteiger partial charge in [-0.2, -0.15) is 4.68 Å². The molecule has 0 radical (unpaired) electrons. The van der Waals surface area contributed by atoms with Gasteiger partial charge in [-0.25, -0.2) is 13.5 Å². The van der Waals surface area contributed by atoms with Crippen LogP contribution in [-0.2, 0) is 13.5 Å². The Morgan fingerprint density at radius 1 is 1.16 bits per heavy atom. The zero-order valence-electron chi connectivity index (χ0n) is 16.8. The molecule has 0 amide bonds. The Kier molecular flexibility index (Phi) is 4.73. The molecule has 0 fully saturated rings. The van der Waals surface area contributed by atoms with Crippen LogP contribution in [0.1, 0.15) is 28.5 Å². The van der Waals surface area contributed by atoms with Crippen LogP contribution >= 0.6 is 11.8 Å². The molecule has 0 aliphatic heterocycles. The smallest absolute Gasteiger partial charge is 0.283 e. The van der Waals surface area contributed by atoms with Crippen LogP contribution < -0.4 is 5.56 Å². The third kappa shape index (κ3) is 3.18. The van der Waals surface area contributed by atoms with Gasteiger partial charge in [-0.3, -0.25) is 9.48 Å². The van der Waals surface area contributed by atoms with Gasteiger partial charge >= 0.3 is 0 Å². The molecule has 5 rings (SSSR count). The zero-order valence-corrected chi connectivity index (χ0v) is 17.6. The molecule has 1 unspecified atom stereocenters. The lowest BCUT2D eigenvalue weighted by molar-refractivity contribution is 0.574. The molecule has 0 bridgehead atoms. The molecule has 4 aromatic rings. The molecule has 0 N–H and O–H groups in total. The molecule has 0 saturated carbocycles. The van der Waals surface area contributed by atoms with Gasteiger partial charge in [-0.15, -0.1) is 5.10 Å². The minimum absolute atomic E-state index is 0.203. The lowest BCUT2D eigenvalue weighted by Crippen LogP contribution is -2.22. The Hall–Kier alpha value is -3.27. The minimum Gasteiger partial charge on any atom is -0.283 e. The number of fused-ring (bicyclic) bond motifs is 1. The van der Waals surface area contributed by atoms with Crippen LogP contribution in [0.25, 0.3) is 11.4 Å². The number of para-hydroxylation sites is 1. The number of aromatic nitrogens is 6. The quantitative estimate of drug-likeness (QED) is 0.486. The van der Waals surface area contributed by atoms with Crippen molar-refractivity contribution < 1.29 is 8.78 Å². The van der Waals surface area contributed by atoms with Crippen molar-refractivity contribution in [1.29, 1.82) is 0 Å². The maximum Gasteiger partial charge on any atom is 0.297 e. The average Bonchev–Trinajstić information content (AvgIpc) is 3.42. The molecule has 2 aromatic heterocycles. The van der Waals surface area contributed by atoms with E-state index in [1.807, 2.05) is 37.3 Å². The Bertz CT molecular complexity index is 1340. The number of halogens is 2. The summed E-state index contributed by atoms with van der Waals surface area (Å²) in [6.07, 6.45) is 1.15. The third-order valence-electron chi connectivity index (χ3n) is 5.62. The van der Waals surface area contributed by atoms with E-state index in [2.05, 4.69) is 15.5 Å². The molecule has 2 aromatic carbocycles. The van der Waals surface area contributed by atoms with Crippen molar-refractivity contribution >= 4 is 11.8 Å². The van der Waals surface area contributed by atoms with Crippen molar-refractivity contribution in [3.8, 4) is 11.4 Å². The van der Waals surface area contributed by atoms with Crippen LogP contribution in [0.3, 0.4) is 0 Å². The number of benzene rings is 2. The highest BCUT2D eigenvalue weighted by atomic mass is 32.2. The fraction of sp³-hybridized carbons (Fsp3) is 0.238. The fourth-order valence-corrected chi connectivity index (χ4v) is 5.18. The molecule has 10 heteroatoms. The predicted molar refractivity (Wildman–Crippen MR) is 112 cm³/mol. The van der Waals surface area contributed by atoms with E-state index >= 15 is 0 Å². The number of tetrazole rings is 1. The maximum absolute atomic E-state index is 14.1. The number of nitrogens with zero attached hydrogens (tertiary/aromatic N) is 6. The molecule has 31 heavy (non-hydrogen) atoms. The molecule has 7 nitrogen and oxygen atoms in total. The van der Waals surface area contributed by atoms with Crippen LogP contribution in [0.5, 0.6) is 0 Å². The largest absolute Gasteiger partial charge is 0.297 e. The predicted octanol–water partition coefficient (Wildman–Crippen LogP) is 3.52. The first-order valence-corrected chi connectivity index (χ1v) is 10.6. The lowest BCUT2D eigenvalue weighted by atomic mass is 10.1. The summed E-state index contributed by atoms with van der Waals surface area (Å²) < 4.78 is 32.6. The third-order valence-corrected chi connectivity index (χ3v) is 6.86. The summed E-state index contributed by atoms with van der Waals surface area (Å²) in [6.45, 7) is 1.82. The zero-order chi connectivity index (χ0) is 21.7. The average molecular weight is 440 g/mol. The second-order valence-corrected chi connectivity index (χ2v) is 8.55. The van der Waals surface area contributed by atoms with Crippen LogP contribution in [0.15, 0.2) is 52.4 Å². The van der Waals surface area contributed by atoms with E-state index < -0.39 is 11.6 Å². The van der Waals surface area contributed by atoms with Crippen LogP contribution in [0, 0.1) is 18.6 Å². The van der Waals surface area contributed by atoms with E-state index in [0.717, 1.165) is 11.8 Å². The molecular formula is C21H18F2N6OS. The van der Waals surface area contributed by atoms with Gasteiger partial charge in [0.05, 0.1) is 11.4 Å². The van der Waals surface area contributed by atoms with E-state index in [1.165, 1.54) is 22.5 Å². The summed E-state index contributed by atoms with van der Waals surface area (Å²) in [5, 5.41) is 12.1. The summed E-state index contributed by atoms with van der Waals surface area (Å²) in [6, 6.07) is 11.6. The van der Waals surface area contributed by atoms with E-state index in [9.17, 15) is 13.6 Å². The topological polar surface area (TPSA) is 70.5 Å². The highest BCUT2D eigenvalue weighted by Crippen LogP contribution is 2.45. The molecule has 1 aliphatic rings. The van der Waals surface area contributed by atoms with Crippen LogP contribution in [0.2, 0.25) is 0 Å². The number of hydrogen-bond donors (Lipinski definition) is 0. The fourth-order valence-electron chi connectivity index (χ4n) is 4.05. The Balaban J connectivity index is 1.56. The van der Waals surface area contributed by atoms with Crippen molar-refractivity contribution in [2.24, 2.45) is 7.05 Å². The van der Waals surface area contributed by atoms with Gasteiger partial charge in [0, 0.05) is 18.4 Å². The molecule has 1 aliphatic carbocycles. The summed E-state index contributed by atoms with van der Waals surface area (Å²) in [5.41, 5.74) is 2.63. The monoisotopic (exact) mass is 440 g/mol. The van der Waals surface area contributed by atoms with Crippen molar-refractivity contribution in [3.05, 3.63) is 81.3 Å². The molecule has 0 saturated heterocycles. The Labute approximate surface area is 180 Å². The molecule has 0 spiro atoms. The van der Waals surface area contributed by atoms with Gasteiger partial charge in [0.25, 0.3) is 5.56 Å². The Morgan fingerprint density at radius 3 is 2.71 bits per heavy atom. The van der Waals surface area contributed by atoms with E-state index in [0.29, 0.717) is 40.5 Å². The van der Waals surface area contributed by atoms with Crippen molar-refractivity contribution in [2.45, 2.75) is 30.2 Å². The standard InChI is InChI=1S/C21H18F2N6OS/c1-12-19(20(30)29(27(12)2)14-6-4-3-5-7-14)28-21(24-25-26-28)31-18-9-8-15-16(18)10-13(22)11-17(15)23/h3-7,10-11,18H,8-9H2,1-2H3. The van der Waals surface area contributed by atoms with Gasteiger partial charge in [0.15, 0.2) is 5.69 Å². The first-order valence-electron chi connectivity index (χ1n) is 9.73. The second-order valence-electron chi connectivity index (χ2n) is 7.38. The number of rotatable bonds is 4. The van der Waals surface area contributed by atoms with Gasteiger partial charge in [0.1, 0.15) is 11.6 Å². The molecular weight excluding hydrogens is 422 g/mol. The van der Waals surface area contributed by atoms with Gasteiger partial charge in [-0.1, -0.05) is 30.0 Å². The second kappa shape index (κ2) is 7.45. The SMILES string of the molecule is Cc1c(-n2nnnc2SC2CCc3c(F)cc(F)cc32)c(=O)n(-c2ccccc2)n1C. The number of hydrogen-bond acceptors (Lipinski definition) is 5. The minimum atomic E-state index is -0.604. The first-order chi connectivity index (χ1) is 15.0. The first kappa shape index (κ1) is 19.7. The summed E-state index contributed by atoms with van der Waals surface area (Å²) >= 11 is 1.30. The molecule has 1 atom stereocenters. The van der Waals surface area contributed by atoms with Crippen molar-refractivity contribution in [1.82, 2.24) is 29.6 Å².